The number of hydrogen-bond donors (Lipinski definition) is 1. The van der Waals surface area contributed by atoms with Crippen LogP contribution >= 0.6 is 0 Å². The van der Waals surface area contributed by atoms with Gasteiger partial charge in [0.1, 0.15) is 5.69 Å². The first-order chi connectivity index (χ1) is 13.1. The number of carbonyl (C=O) groups excluding carboxylic acids is 1. The third-order valence-electron chi connectivity index (χ3n) is 5.16. The first-order valence-electron chi connectivity index (χ1n) is 9.20. The molecule has 154 valence electrons. The zero-order valence-electron chi connectivity index (χ0n) is 16.2. The molecule has 1 aliphatic rings. The van der Waals surface area contributed by atoms with Gasteiger partial charge in [-0.3, -0.25) is 4.79 Å². The van der Waals surface area contributed by atoms with Gasteiger partial charge < -0.3 is 9.88 Å². The van der Waals surface area contributed by atoms with E-state index in [-0.39, 0.29) is 22.3 Å². The minimum Gasteiger partial charge on any atom is -0.347 e. The number of benzene rings is 1. The molecule has 0 radical (unpaired) electrons. The fraction of sp³-hybridized carbons (Fsp3) is 0.500. The zero-order chi connectivity index (χ0) is 20.7. The molecule has 0 saturated carbocycles. The lowest BCUT2D eigenvalue weighted by molar-refractivity contribution is 0.0933. The van der Waals surface area contributed by atoms with Crippen LogP contribution in [-0.2, 0) is 26.9 Å². The predicted molar refractivity (Wildman–Crippen MR) is 108 cm³/mol. The number of rotatable bonds is 6. The number of carbonyl (C=O) groups is 1. The van der Waals surface area contributed by atoms with Crippen LogP contribution in [0.25, 0.3) is 10.9 Å². The van der Waals surface area contributed by atoms with Gasteiger partial charge in [0.25, 0.3) is 5.91 Å². The van der Waals surface area contributed by atoms with Crippen molar-refractivity contribution in [3.05, 3.63) is 30.0 Å². The Bertz CT molecular complexity index is 1120. The highest BCUT2D eigenvalue weighted by Crippen LogP contribution is 2.25. The average Bonchev–Trinajstić information content (AvgIpc) is 3.14. The maximum atomic E-state index is 12.7. The molecule has 1 N–H and O–H groups in total. The lowest BCUT2D eigenvalue weighted by Gasteiger charge is -2.18. The molecular weight excluding hydrogens is 402 g/mol. The number of hydrogen-bond acceptors (Lipinski definition) is 5. The minimum atomic E-state index is -3.59. The Labute approximate surface area is 165 Å². The second kappa shape index (κ2) is 7.49. The molecule has 0 aliphatic carbocycles. The van der Waals surface area contributed by atoms with Gasteiger partial charge in [0.05, 0.1) is 16.4 Å². The highest BCUT2D eigenvalue weighted by molar-refractivity contribution is 7.91. The van der Waals surface area contributed by atoms with Crippen LogP contribution in [0.2, 0.25) is 0 Å². The van der Waals surface area contributed by atoms with Gasteiger partial charge in [0.15, 0.2) is 9.84 Å². The van der Waals surface area contributed by atoms with Crippen LogP contribution < -0.4 is 5.32 Å². The Balaban J connectivity index is 1.92. The smallest absolute Gasteiger partial charge is 0.268 e. The van der Waals surface area contributed by atoms with Crippen LogP contribution in [0.15, 0.2) is 29.2 Å². The molecule has 1 fully saturated rings. The number of sulfonamides is 1. The molecule has 1 saturated heterocycles. The molecule has 10 heteroatoms. The summed E-state index contributed by atoms with van der Waals surface area (Å²) in [6.45, 7) is 4.33. The molecule has 8 nitrogen and oxygen atoms in total. The lowest BCUT2D eigenvalue weighted by Crippen LogP contribution is -2.36. The zero-order valence-corrected chi connectivity index (χ0v) is 17.8. The standard InChI is InChI=1S/C18H25N3O5S2/c1-4-21(5-2)28(25,26)15-6-7-16-13(10-15)11-17(20(16)3)18(22)19-14-8-9-27(23,24)12-14/h6-7,10-11,14H,4-5,8-9,12H2,1-3H3,(H,19,22). The molecule has 1 aromatic heterocycles. The summed E-state index contributed by atoms with van der Waals surface area (Å²) in [7, 11) is -4.95. The largest absolute Gasteiger partial charge is 0.347 e. The van der Waals surface area contributed by atoms with Crippen LogP contribution in [0.1, 0.15) is 30.8 Å². The maximum absolute atomic E-state index is 12.7. The molecule has 3 rings (SSSR count). The second-order valence-corrected chi connectivity index (χ2v) is 11.1. The number of aryl methyl sites for hydroxylation is 1. The summed E-state index contributed by atoms with van der Waals surface area (Å²) in [5, 5.41) is 3.41. The number of sulfone groups is 1. The SMILES string of the molecule is CCN(CC)S(=O)(=O)c1ccc2c(c1)cc(C(=O)NC1CCS(=O)(=O)C1)n2C. The van der Waals surface area contributed by atoms with E-state index in [4.69, 9.17) is 0 Å². The highest BCUT2D eigenvalue weighted by Gasteiger charge is 2.30. The van der Waals surface area contributed by atoms with Crippen LogP contribution in [0.3, 0.4) is 0 Å². The van der Waals surface area contributed by atoms with E-state index in [1.807, 2.05) is 0 Å². The number of amides is 1. The van der Waals surface area contributed by atoms with E-state index in [1.165, 1.54) is 4.31 Å². The Morgan fingerprint density at radius 1 is 1.25 bits per heavy atom. The molecule has 1 unspecified atom stereocenters. The summed E-state index contributed by atoms with van der Waals surface area (Å²) in [6, 6.07) is 6.04. The summed E-state index contributed by atoms with van der Waals surface area (Å²) in [4.78, 5) is 12.8. The summed E-state index contributed by atoms with van der Waals surface area (Å²) in [5.41, 5.74) is 1.08. The van der Waals surface area contributed by atoms with Gasteiger partial charge in [-0.05, 0) is 30.7 Å². The molecule has 1 amide bonds. The number of aromatic nitrogens is 1. The number of nitrogens with zero attached hydrogens (tertiary/aromatic N) is 2. The Morgan fingerprint density at radius 2 is 1.93 bits per heavy atom. The Morgan fingerprint density at radius 3 is 2.50 bits per heavy atom. The van der Waals surface area contributed by atoms with Crippen LogP contribution in [-0.4, -0.2) is 62.3 Å². The molecule has 0 spiro atoms. The highest BCUT2D eigenvalue weighted by atomic mass is 32.2. The van der Waals surface area contributed by atoms with Crippen LogP contribution in [0.4, 0.5) is 0 Å². The van der Waals surface area contributed by atoms with E-state index in [1.54, 1.807) is 49.7 Å². The number of fused-ring (bicyclic) bond motifs is 1. The third-order valence-corrected chi connectivity index (χ3v) is 8.97. The van der Waals surface area contributed by atoms with Crippen molar-refractivity contribution in [2.75, 3.05) is 24.6 Å². The molecule has 0 bridgehead atoms. The van der Waals surface area contributed by atoms with Crippen molar-refractivity contribution in [3.8, 4) is 0 Å². The average molecular weight is 428 g/mol. The fourth-order valence-electron chi connectivity index (χ4n) is 3.59. The van der Waals surface area contributed by atoms with Gasteiger partial charge in [-0.25, -0.2) is 16.8 Å². The van der Waals surface area contributed by atoms with E-state index in [0.29, 0.717) is 30.6 Å². The lowest BCUT2D eigenvalue weighted by atomic mass is 10.2. The summed E-state index contributed by atoms with van der Waals surface area (Å²) in [5.74, 6) is -0.330. The Kier molecular flexibility index (Phi) is 5.57. The van der Waals surface area contributed by atoms with Crippen molar-refractivity contribution < 1.29 is 21.6 Å². The quantitative estimate of drug-likeness (QED) is 0.744. The van der Waals surface area contributed by atoms with Gasteiger partial charge >= 0.3 is 0 Å². The fourth-order valence-corrected chi connectivity index (χ4v) is 6.75. The summed E-state index contributed by atoms with van der Waals surface area (Å²) in [6.07, 6.45) is 0.407. The van der Waals surface area contributed by atoms with Crippen molar-refractivity contribution in [2.45, 2.75) is 31.2 Å². The summed E-state index contributed by atoms with van der Waals surface area (Å²) < 4.78 is 51.7. The van der Waals surface area contributed by atoms with Crippen molar-refractivity contribution in [1.82, 2.24) is 14.2 Å². The topological polar surface area (TPSA) is 106 Å². The minimum absolute atomic E-state index is 0.0467. The molecule has 1 atom stereocenters. The van der Waals surface area contributed by atoms with E-state index in [0.717, 1.165) is 5.52 Å². The van der Waals surface area contributed by atoms with Gasteiger partial charge in [-0.2, -0.15) is 4.31 Å². The van der Waals surface area contributed by atoms with Crippen molar-refractivity contribution >= 4 is 36.7 Å². The normalized spacial score (nSPS) is 19.4. The predicted octanol–water partition coefficient (Wildman–Crippen LogP) is 1.13. The van der Waals surface area contributed by atoms with Gasteiger partial charge in [0.2, 0.25) is 10.0 Å². The Hall–Kier alpha value is -1.91. The van der Waals surface area contributed by atoms with Crippen molar-refractivity contribution in [2.24, 2.45) is 7.05 Å². The van der Waals surface area contributed by atoms with E-state index in [9.17, 15) is 21.6 Å². The van der Waals surface area contributed by atoms with E-state index < -0.39 is 25.9 Å². The molecule has 1 aromatic carbocycles. The van der Waals surface area contributed by atoms with Crippen LogP contribution in [0, 0.1) is 0 Å². The van der Waals surface area contributed by atoms with Gasteiger partial charge in [-0.15, -0.1) is 0 Å². The molecule has 2 heterocycles. The van der Waals surface area contributed by atoms with Crippen molar-refractivity contribution in [3.63, 3.8) is 0 Å². The first-order valence-corrected chi connectivity index (χ1v) is 12.5. The van der Waals surface area contributed by atoms with Crippen molar-refractivity contribution in [1.29, 1.82) is 0 Å². The van der Waals surface area contributed by atoms with E-state index in [2.05, 4.69) is 5.32 Å². The monoisotopic (exact) mass is 427 g/mol. The van der Waals surface area contributed by atoms with Gasteiger partial charge in [0, 0.05) is 37.1 Å². The van der Waals surface area contributed by atoms with Gasteiger partial charge in [-0.1, -0.05) is 13.8 Å². The van der Waals surface area contributed by atoms with Crippen LogP contribution in [0.5, 0.6) is 0 Å². The van der Waals surface area contributed by atoms with E-state index >= 15 is 0 Å². The second-order valence-electron chi connectivity index (χ2n) is 6.97. The molecule has 1 aliphatic heterocycles. The molecular formula is C18H25N3O5S2. The maximum Gasteiger partial charge on any atom is 0.268 e. The number of nitrogens with one attached hydrogen (secondary N) is 1. The summed E-state index contributed by atoms with van der Waals surface area (Å²) >= 11 is 0. The third kappa shape index (κ3) is 3.81. The molecule has 2 aromatic rings. The molecule has 28 heavy (non-hydrogen) atoms. The first kappa shape index (κ1) is 20.8.